The van der Waals surface area contributed by atoms with Crippen molar-refractivity contribution >= 4 is 40.7 Å². The quantitative estimate of drug-likeness (QED) is 0.397. The van der Waals surface area contributed by atoms with Crippen LogP contribution in [0.25, 0.3) is 6.08 Å². The fourth-order valence-electron chi connectivity index (χ4n) is 3.75. The Labute approximate surface area is 203 Å². The number of carbonyl (C=O) groups excluding carboxylic acids is 2. The number of aryl methyl sites for hydroxylation is 1. The first-order valence-corrected chi connectivity index (χ1v) is 12.0. The van der Waals surface area contributed by atoms with E-state index in [2.05, 4.69) is 4.99 Å². The monoisotopic (exact) mass is 498 g/mol. The molecule has 8 nitrogen and oxygen atoms in total. The fraction of sp³-hybridized carbons (Fsp3) is 0.250. The lowest BCUT2D eigenvalue weighted by molar-refractivity contribution is -0.136. The molecular formula is C24H22N2O6S2. The van der Waals surface area contributed by atoms with Crippen molar-refractivity contribution in [1.29, 1.82) is 0 Å². The summed E-state index contributed by atoms with van der Waals surface area (Å²) in [6, 6.07) is 6.10. The maximum Gasteiger partial charge on any atom is 0.338 e. The molecule has 10 heteroatoms. The number of aromatic nitrogens is 1. The zero-order valence-electron chi connectivity index (χ0n) is 19.2. The van der Waals surface area contributed by atoms with E-state index in [9.17, 15) is 14.4 Å². The van der Waals surface area contributed by atoms with Gasteiger partial charge in [0.25, 0.3) is 5.56 Å². The van der Waals surface area contributed by atoms with Gasteiger partial charge in [0.05, 0.1) is 36.1 Å². The maximum atomic E-state index is 13.6. The number of nitrogens with zero attached hydrogens (tertiary/aromatic N) is 2. The number of hydrogen-bond acceptors (Lipinski definition) is 9. The Hall–Kier alpha value is -3.50. The summed E-state index contributed by atoms with van der Waals surface area (Å²) >= 11 is 2.81. The predicted molar refractivity (Wildman–Crippen MR) is 129 cm³/mol. The molecule has 4 rings (SSSR count). The molecule has 1 aliphatic heterocycles. The van der Waals surface area contributed by atoms with E-state index in [4.69, 9.17) is 14.2 Å². The van der Waals surface area contributed by atoms with Gasteiger partial charge in [-0.3, -0.25) is 14.2 Å². The third kappa shape index (κ3) is 4.22. The second-order valence-electron chi connectivity index (χ2n) is 7.55. The van der Waals surface area contributed by atoms with Gasteiger partial charge in [-0.15, -0.1) is 11.3 Å². The maximum absolute atomic E-state index is 13.6. The van der Waals surface area contributed by atoms with Gasteiger partial charge in [0, 0.05) is 11.8 Å². The van der Waals surface area contributed by atoms with Crippen LogP contribution in [0.3, 0.4) is 0 Å². The molecule has 0 radical (unpaired) electrons. The molecular weight excluding hydrogens is 476 g/mol. The average Bonchev–Trinajstić information content (AvgIpc) is 3.34. The Kier molecular flexibility index (Phi) is 6.54. The molecule has 3 heterocycles. The van der Waals surface area contributed by atoms with Gasteiger partial charge in [-0.25, -0.2) is 9.79 Å². The van der Waals surface area contributed by atoms with Crippen molar-refractivity contribution in [1.82, 2.24) is 4.57 Å². The molecule has 176 valence electrons. The van der Waals surface area contributed by atoms with Crippen LogP contribution in [0.4, 0.5) is 0 Å². The first kappa shape index (κ1) is 23.7. The third-order valence-corrected chi connectivity index (χ3v) is 7.30. The largest absolute Gasteiger partial charge is 0.493 e. The van der Waals surface area contributed by atoms with Gasteiger partial charge in [-0.1, -0.05) is 17.4 Å². The van der Waals surface area contributed by atoms with Crippen molar-refractivity contribution in [2.75, 3.05) is 14.2 Å². The number of rotatable bonds is 5. The van der Waals surface area contributed by atoms with Crippen molar-refractivity contribution in [3.05, 3.63) is 76.6 Å². The van der Waals surface area contributed by atoms with Crippen molar-refractivity contribution < 1.29 is 23.8 Å². The number of methoxy groups -OCH3 is 2. The summed E-state index contributed by atoms with van der Waals surface area (Å²) < 4.78 is 17.7. The minimum absolute atomic E-state index is 0.236. The Bertz CT molecular complexity index is 1510. The molecule has 0 spiro atoms. The predicted octanol–water partition coefficient (Wildman–Crippen LogP) is 2.71. The highest BCUT2D eigenvalue weighted by atomic mass is 32.1. The van der Waals surface area contributed by atoms with E-state index in [0.29, 0.717) is 26.3 Å². The van der Waals surface area contributed by atoms with Gasteiger partial charge < -0.3 is 14.2 Å². The molecule has 0 N–H and O–H groups in total. The molecule has 0 saturated heterocycles. The Morgan fingerprint density at radius 1 is 1.15 bits per heavy atom. The van der Waals surface area contributed by atoms with Gasteiger partial charge in [-0.05, 0) is 54.6 Å². The van der Waals surface area contributed by atoms with Crippen LogP contribution >= 0.6 is 22.7 Å². The molecule has 0 saturated carbocycles. The van der Waals surface area contributed by atoms with Gasteiger partial charge in [0.1, 0.15) is 0 Å². The van der Waals surface area contributed by atoms with E-state index in [0.717, 1.165) is 10.4 Å². The van der Waals surface area contributed by atoms with Gasteiger partial charge in [0.2, 0.25) is 0 Å². The number of thiazole rings is 1. The summed E-state index contributed by atoms with van der Waals surface area (Å²) in [4.78, 5) is 43.8. The normalized spacial score (nSPS) is 15.6. The number of ether oxygens (including phenoxy) is 3. The van der Waals surface area contributed by atoms with E-state index in [1.165, 1.54) is 37.0 Å². The lowest BCUT2D eigenvalue weighted by Gasteiger charge is -2.25. The number of fused-ring (bicyclic) bond motifs is 1. The van der Waals surface area contributed by atoms with Crippen molar-refractivity contribution in [2.24, 2.45) is 4.99 Å². The summed E-state index contributed by atoms with van der Waals surface area (Å²) in [5.41, 5.74) is 2.10. The van der Waals surface area contributed by atoms with Crippen molar-refractivity contribution in [3.63, 3.8) is 0 Å². The number of allylic oxidation sites excluding steroid dienone is 1. The fourth-order valence-corrected chi connectivity index (χ4v) is 5.71. The van der Waals surface area contributed by atoms with Crippen molar-refractivity contribution in [2.45, 2.75) is 26.8 Å². The van der Waals surface area contributed by atoms with E-state index in [1.54, 1.807) is 36.5 Å². The number of hydrogen-bond donors (Lipinski definition) is 0. The summed E-state index contributed by atoms with van der Waals surface area (Å²) in [5.74, 6) is -0.547. The first-order valence-electron chi connectivity index (χ1n) is 10.3. The van der Waals surface area contributed by atoms with Crippen molar-refractivity contribution in [3.8, 4) is 11.5 Å². The smallest absolute Gasteiger partial charge is 0.338 e. The van der Waals surface area contributed by atoms with Crippen LogP contribution in [0, 0.1) is 6.92 Å². The number of esters is 2. The molecule has 0 aliphatic carbocycles. The number of carbonyl (C=O) groups is 2. The second-order valence-corrected chi connectivity index (χ2v) is 9.50. The van der Waals surface area contributed by atoms with E-state index in [1.807, 2.05) is 24.4 Å². The topological polar surface area (TPSA) is 96.2 Å². The number of thiophene rings is 1. The highest BCUT2D eigenvalue weighted by Gasteiger charge is 2.33. The molecule has 2 aromatic heterocycles. The third-order valence-electron chi connectivity index (χ3n) is 5.35. The summed E-state index contributed by atoms with van der Waals surface area (Å²) in [6.07, 6.45) is 1.85. The minimum atomic E-state index is -0.796. The molecule has 1 aromatic carbocycles. The van der Waals surface area contributed by atoms with Crippen LogP contribution in [0.2, 0.25) is 0 Å². The van der Waals surface area contributed by atoms with Crippen LogP contribution in [0.15, 0.2) is 50.7 Å². The highest BCUT2D eigenvalue weighted by molar-refractivity contribution is 7.11. The molecule has 0 amide bonds. The summed E-state index contributed by atoms with van der Waals surface area (Å²) in [5, 5.41) is 1.97. The van der Waals surface area contributed by atoms with Crippen LogP contribution in [-0.4, -0.2) is 30.7 Å². The van der Waals surface area contributed by atoms with Crippen LogP contribution in [0.5, 0.6) is 11.5 Å². The molecule has 1 atom stereocenters. The minimum Gasteiger partial charge on any atom is -0.493 e. The summed E-state index contributed by atoms with van der Waals surface area (Å²) in [7, 11) is 2.73. The molecule has 0 bridgehead atoms. The Morgan fingerprint density at radius 2 is 1.91 bits per heavy atom. The van der Waals surface area contributed by atoms with E-state index >= 15 is 0 Å². The molecule has 34 heavy (non-hydrogen) atoms. The van der Waals surface area contributed by atoms with Crippen LogP contribution in [-0.2, 0) is 14.3 Å². The lowest BCUT2D eigenvalue weighted by atomic mass is 9.95. The molecule has 0 fully saturated rings. The summed E-state index contributed by atoms with van der Waals surface area (Å²) in [6.45, 7) is 4.99. The first-order chi connectivity index (χ1) is 16.2. The number of benzene rings is 1. The Morgan fingerprint density at radius 3 is 2.53 bits per heavy atom. The van der Waals surface area contributed by atoms with Crippen LogP contribution in [0.1, 0.15) is 35.9 Å². The highest BCUT2D eigenvalue weighted by Crippen LogP contribution is 2.36. The van der Waals surface area contributed by atoms with Gasteiger partial charge in [-0.2, -0.15) is 0 Å². The molecule has 1 aliphatic rings. The standard InChI is InChI=1S/C24H22N2O6S2/c1-12-8-9-33-18(12)11-19-22(28)26-21(20(23(29)31-5)13(2)25-24(26)34-19)15-6-7-16(32-14(3)27)17(10-15)30-4/h6-11,21H,1-5H3/b19-11+/t21-/m0/s1. The van der Waals surface area contributed by atoms with E-state index < -0.39 is 18.0 Å². The SMILES string of the molecule is COC(=O)C1=C(C)N=c2s/c(=C/c3sccc3C)c(=O)n2[C@H]1c1ccc(OC(C)=O)c(OC)c1. The van der Waals surface area contributed by atoms with Crippen LogP contribution < -0.4 is 24.4 Å². The van der Waals surface area contributed by atoms with Gasteiger partial charge in [0.15, 0.2) is 16.3 Å². The zero-order chi connectivity index (χ0) is 24.6. The average molecular weight is 499 g/mol. The Balaban J connectivity index is 1.97. The van der Waals surface area contributed by atoms with E-state index in [-0.39, 0.29) is 16.9 Å². The second kappa shape index (κ2) is 9.40. The van der Waals surface area contributed by atoms with Gasteiger partial charge >= 0.3 is 11.9 Å². The molecule has 0 unspecified atom stereocenters. The lowest BCUT2D eigenvalue weighted by Crippen LogP contribution is -2.39. The molecule has 3 aromatic rings. The zero-order valence-corrected chi connectivity index (χ0v) is 20.8.